The molecule has 2 aromatic rings. The second-order valence-corrected chi connectivity index (χ2v) is 2.96. The van der Waals surface area contributed by atoms with E-state index in [1.807, 2.05) is 6.07 Å². The number of hydrogen-bond acceptors (Lipinski definition) is 3. The number of nitrogens with zero attached hydrogens (tertiary/aromatic N) is 4. The summed E-state index contributed by atoms with van der Waals surface area (Å²) in [4.78, 5) is 4.09. The van der Waals surface area contributed by atoms with Crippen LogP contribution in [0.4, 0.5) is 0 Å². The zero-order valence-corrected chi connectivity index (χ0v) is 7.81. The average Bonchev–Trinajstić information content (AvgIpc) is 2.57. The molecule has 0 radical (unpaired) electrons. The van der Waals surface area contributed by atoms with E-state index in [0.29, 0.717) is 10.8 Å². The van der Waals surface area contributed by atoms with E-state index in [-0.39, 0.29) is 0 Å². The highest BCUT2D eigenvalue weighted by Crippen LogP contribution is 2.09. The van der Waals surface area contributed by atoms with E-state index < -0.39 is 0 Å². The van der Waals surface area contributed by atoms with Gasteiger partial charge in [0.2, 0.25) is 0 Å². The third-order valence-corrected chi connectivity index (χ3v) is 1.89. The molecule has 0 N–H and O–H groups in total. The Morgan fingerprint density at radius 1 is 1.50 bits per heavy atom. The van der Waals surface area contributed by atoms with E-state index in [1.54, 1.807) is 28.9 Å². The van der Waals surface area contributed by atoms with Gasteiger partial charge < -0.3 is 0 Å². The van der Waals surface area contributed by atoms with Crippen molar-refractivity contribution in [1.82, 2.24) is 14.6 Å². The molecule has 4 nitrogen and oxygen atoms in total. The van der Waals surface area contributed by atoms with Crippen LogP contribution in [0.2, 0.25) is 5.15 Å². The van der Waals surface area contributed by atoms with E-state index in [0.717, 1.165) is 5.69 Å². The zero-order chi connectivity index (χ0) is 9.97. The summed E-state index contributed by atoms with van der Waals surface area (Å²) in [5.74, 6) is 0. The Balaban J connectivity index is 2.62. The predicted octanol–water partition coefficient (Wildman–Crippen LogP) is 1.92. The third-order valence-electron chi connectivity index (χ3n) is 1.68. The van der Waals surface area contributed by atoms with Crippen molar-refractivity contribution in [3.8, 4) is 6.07 Å². The molecule has 0 fully saturated rings. The van der Waals surface area contributed by atoms with Crippen molar-refractivity contribution in [2.45, 2.75) is 0 Å². The van der Waals surface area contributed by atoms with E-state index in [4.69, 9.17) is 16.9 Å². The highest BCUT2D eigenvalue weighted by Gasteiger charge is 2.01. The van der Waals surface area contributed by atoms with Crippen LogP contribution in [0.5, 0.6) is 0 Å². The van der Waals surface area contributed by atoms with E-state index in [1.165, 1.54) is 6.08 Å². The van der Waals surface area contributed by atoms with Gasteiger partial charge in [-0.15, -0.1) is 0 Å². The molecule has 14 heavy (non-hydrogen) atoms. The van der Waals surface area contributed by atoms with Crippen molar-refractivity contribution in [2.75, 3.05) is 0 Å². The van der Waals surface area contributed by atoms with Crippen LogP contribution in [0.15, 0.2) is 24.4 Å². The highest BCUT2D eigenvalue weighted by atomic mass is 35.5. The minimum Gasteiger partial charge on any atom is -0.235 e. The molecule has 0 aliphatic rings. The maximum absolute atomic E-state index is 8.38. The Bertz CT molecular complexity index is 535. The number of hydrogen-bond donors (Lipinski definition) is 0. The monoisotopic (exact) mass is 204 g/mol. The van der Waals surface area contributed by atoms with E-state index in [2.05, 4.69) is 10.1 Å². The average molecular weight is 205 g/mol. The summed E-state index contributed by atoms with van der Waals surface area (Å²) < 4.78 is 1.58. The minimum atomic E-state index is 0.391. The smallest absolute Gasteiger partial charge is 0.154 e. The summed E-state index contributed by atoms with van der Waals surface area (Å²) in [5, 5.41) is 12.8. The topological polar surface area (TPSA) is 54.0 Å². The van der Waals surface area contributed by atoms with Gasteiger partial charge in [0.15, 0.2) is 5.65 Å². The van der Waals surface area contributed by atoms with Gasteiger partial charge in [-0.2, -0.15) is 10.4 Å². The normalized spacial score (nSPS) is 10.9. The molecule has 68 valence electrons. The first-order valence-corrected chi connectivity index (χ1v) is 4.25. The van der Waals surface area contributed by atoms with Crippen LogP contribution >= 0.6 is 11.6 Å². The lowest BCUT2D eigenvalue weighted by atomic mass is 10.4. The van der Waals surface area contributed by atoms with Crippen LogP contribution in [-0.4, -0.2) is 14.6 Å². The summed E-state index contributed by atoms with van der Waals surface area (Å²) in [6, 6.07) is 5.33. The largest absolute Gasteiger partial charge is 0.235 e. The van der Waals surface area contributed by atoms with Gasteiger partial charge in [-0.25, -0.2) is 9.50 Å². The van der Waals surface area contributed by atoms with Crippen LogP contribution < -0.4 is 0 Å². The molecule has 2 rings (SSSR count). The summed E-state index contributed by atoms with van der Waals surface area (Å²) >= 11 is 5.73. The molecule has 0 aliphatic carbocycles. The Hall–Kier alpha value is -1.86. The number of halogens is 1. The number of imidazole rings is 1. The van der Waals surface area contributed by atoms with Crippen LogP contribution in [0.25, 0.3) is 11.7 Å². The van der Waals surface area contributed by atoms with Crippen molar-refractivity contribution in [3.05, 3.63) is 35.3 Å². The Kier molecular flexibility index (Phi) is 2.17. The van der Waals surface area contributed by atoms with Gasteiger partial charge in [0.05, 0.1) is 18.0 Å². The standard InChI is InChI=1S/C9H5ClN4/c10-8-3-4-9-12-6-7(2-1-5-11)14(9)13-8/h1-4,6H. The Morgan fingerprint density at radius 2 is 2.36 bits per heavy atom. The maximum atomic E-state index is 8.38. The second kappa shape index (κ2) is 3.48. The van der Waals surface area contributed by atoms with Crippen LogP contribution in [0, 0.1) is 11.3 Å². The number of allylic oxidation sites excluding steroid dienone is 1. The van der Waals surface area contributed by atoms with E-state index >= 15 is 0 Å². The summed E-state index contributed by atoms with van der Waals surface area (Å²) in [6.07, 6.45) is 4.63. The summed E-state index contributed by atoms with van der Waals surface area (Å²) in [7, 11) is 0. The molecule has 0 bridgehead atoms. The van der Waals surface area contributed by atoms with Crippen molar-refractivity contribution < 1.29 is 0 Å². The van der Waals surface area contributed by atoms with Crippen molar-refractivity contribution in [1.29, 1.82) is 5.26 Å². The van der Waals surface area contributed by atoms with Crippen molar-refractivity contribution in [3.63, 3.8) is 0 Å². The minimum absolute atomic E-state index is 0.391. The van der Waals surface area contributed by atoms with Crippen LogP contribution in [0.1, 0.15) is 5.69 Å². The van der Waals surface area contributed by atoms with Gasteiger partial charge in [0.1, 0.15) is 5.15 Å². The molecule has 5 heteroatoms. The molecule has 0 amide bonds. The lowest BCUT2D eigenvalue weighted by Gasteiger charge is -1.94. The lowest BCUT2D eigenvalue weighted by molar-refractivity contribution is 0.926. The van der Waals surface area contributed by atoms with Gasteiger partial charge in [-0.05, 0) is 18.2 Å². The summed E-state index contributed by atoms with van der Waals surface area (Å²) in [5.41, 5.74) is 1.43. The van der Waals surface area contributed by atoms with Gasteiger partial charge in [0, 0.05) is 6.08 Å². The molecule has 0 aliphatic heterocycles. The molecule has 2 aromatic heterocycles. The highest BCUT2D eigenvalue weighted by molar-refractivity contribution is 6.29. The van der Waals surface area contributed by atoms with Gasteiger partial charge in [-0.3, -0.25) is 0 Å². The molecule has 0 saturated carbocycles. The molecule has 0 aromatic carbocycles. The first-order chi connectivity index (χ1) is 6.81. The quantitative estimate of drug-likeness (QED) is 0.667. The molecule has 2 heterocycles. The van der Waals surface area contributed by atoms with Crippen molar-refractivity contribution in [2.24, 2.45) is 0 Å². The number of aromatic nitrogens is 3. The molecule has 0 unspecified atom stereocenters. The first kappa shape index (κ1) is 8.73. The zero-order valence-electron chi connectivity index (χ0n) is 7.05. The fourth-order valence-corrected chi connectivity index (χ4v) is 1.24. The first-order valence-electron chi connectivity index (χ1n) is 3.88. The SMILES string of the molecule is N#CC=Cc1cnc2ccc(Cl)nn12. The number of fused-ring (bicyclic) bond motifs is 1. The maximum Gasteiger partial charge on any atom is 0.154 e. The van der Waals surface area contributed by atoms with E-state index in [9.17, 15) is 0 Å². The molecule has 0 spiro atoms. The second-order valence-electron chi connectivity index (χ2n) is 2.57. The van der Waals surface area contributed by atoms with Gasteiger partial charge >= 0.3 is 0 Å². The molecule has 0 saturated heterocycles. The fourth-order valence-electron chi connectivity index (χ4n) is 1.10. The molecule has 0 atom stereocenters. The lowest BCUT2D eigenvalue weighted by Crippen LogP contribution is -1.93. The Morgan fingerprint density at radius 3 is 3.14 bits per heavy atom. The summed E-state index contributed by atoms with van der Waals surface area (Å²) in [6.45, 7) is 0. The van der Waals surface area contributed by atoms with Crippen molar-refractivity contribution >= 4 is 23.3 Å². The third kappa shape index (κ3) is 1.45. The van der Waals surface area contributed by atoms with Gasteiger partial charge in [-0.1, -0.05) is 11.6 Å². The predicted molar refractivity (Wildman–Crippen MR) is 52.6 cm³/mol. The number of rotatable bonds is 1. The van der Waals surface area contributed by atoms with Gasteiger partial charge in [0.25, 0.3) is 0 Å². The Labute approximate surface area is 85.1 Å². The molecular weight excluding hydrogens is 200 g/mol. The molecular formula is C9H5ClN4. The number of nitriles is 1. The fraction of sp³-hybridized carbons (Fsp3) is 0. The van der Waals surface area contributed by atoms with Crippen LogP contribution in [-0.2, 0) is 0 Å². The van der Waals surface area contributed by atoms with Crippen LogP contribution in [0.3, 0.4) is 0 Å².